The van der Waals surface area contributed by atoms with E-state index in [9.17, 15) is 4.79 Å². The fourth-order valence-corrected chi connectivity index (χ4v) is 2.64. The van der Waals surface area contributed by atoms with Gasteiger partial charge in [0, 0.05) is 29.2 Å². The Balaban J connectivity index is 2.59. The van der Waals surface area contributed by atoms with E-state index in [-0.39, 0.29) is 11.8 Å². The minimum atomic E-state index is -0.141. The molecule has 0 radical (unpaired) electrons. The summed E-state index contributed by atoms with van der Waals surface area (Å²) in [4.78, 5) is 12.6. The molecule has 0 fully saturated rings. The monoisotopic (exact) mass is 272 g/mol. The Morgan fingerprint density at radius 3 is 2.50 bits per heavy atom. The summed E-state index contributed by atoms with van der Waals surface area (Å²) in [7, 11) is 0. The molecule has 1 aromatic carbocycles. The van der Waals surface area contributed by atoms with Gasteiger partial charge >= 0.3 is 0 Å². The topological polar surface area (TPSA) is 34.0 Å². The molecule has 20 heavy (non-hydrogen) atoms. The fourth-order valence-electron chi connectivity index (χ4n) is 2.64. The predicted molar refractivity (Wildman–Crippen MR) is 84.6 cm³/mol. The van der Waals surface area contributed by atoms with Crippen LogP contribution in [0.4, 0.5) is 0 Å². The molecule has 1 unspecified atom stereocenters. The number of likely N-dealkylation sites (N-methyl/N-ethyl adjacent to an activating group) is 1. The minimum Gasteiger partial charge on any atom is -0.347 e. The molecule has 0 aliphatic carbocycles. The van der Waals surface area contributed by atoms with Gasteiger partial charge in [-0.3, -0.25) is 4.79 Å². The standard InChI is InChI=1S/C17H24N2O/c1-6-18-13(5)17(20)15-10-19(7-2)16-9-12(4)11(3)8-14(15)16/h8-10,13,18H,6-7H2,1-5H3. The third kappa shape index (κ3) is 2.50. The summed E-state index contributed by atoms with van der Waals surface area (Å²) in [6.07, 6.45) is 2.00. The number of aromatic nitrogens is 1. The van der Waals surface area contributed by atoms with Gasteiger partial charge in [0.25, 0.3) is 0 Å². The van der Waals surface area contributed by atoms with Crippen LogP contribution in [0.25, 0.3) is 10.9 Å². The van der Waals surface area contributed by atoms with Crippen LogP contribution in [0.5, 0.6) is 0 Å². The van der Waals surface area contributed by atoms with E-state index >= 15 is 0 Å². The van der Waals surface area contributed by atoms with Crippen molar-refractivity contribution < 1.29 is 4.79 Å². The first kappa shape index (κ1) is 14.8. The highest BCUT2D eigenvalue weighted by atomic mass is 16.1. The van der Waals surface area contributed by atoms with Crippen LogP contribution in [0.3, 0.4) is 0 Å². The average molecular weight is 272 g/mol. The average Bonchev–Trinajstić information content (AvgIpc) is 2.76. The highest BCUT2D eigenvalue weighted by molar-refractivity contribution is 6.10. The van der Waals surface area contributed by atoms with E-state index in [0.717, 1.165) is 29.6 Å². The Bertz CT molecular complexity index is 640. The summed E-state index contributed by atoms with van der Waals surface area (Å²) in [5.41, 5.74) is 4.49. The van der Waals surface area contributed by atoms with E-state index in [2.05, 4.69) is 42.8 Å². The van der Waals surface area contributed by atoms with Crippen LogP contribution >= 0.6 is 0 Å². The summed E-state index contributed by atoms with van der Waals surface area (Å²) in [5.74, 6) is 0.173. The number of hydrogen-bond acceptors (Lipinski definition) is 2. The van der Waals surface area contributed by atoms with Crippen LogP contribution in [-0.2, 0) is 6.54 Å². The van der Waals surface area contributed by atoms with Gasteiger partial charge in [-0.1, -0.05) is 6.92 Å². The molecule has 3 heteroatoms. The molecule has 3 nitrogen and oxygen atoms in total. The first-order valence-electron chi connectivity index (χ1n) is 7.37. The van der Waals surface area contributed by atoms with Gasteiger partial charge in [0.15, 0.2) is 5.78 Å². The highest BCUT2D eigenvalue weighted by Crippen LogP contribution is 2.26. The number of rotatable bonds is 5. The zero-order chi connectivity index (χ0) is 14.9. The second kappa shape index (κ2) is 5.80. The third-order valence-corrected chi connectivity index (χ3v) is 4.01. The molecule has 0 aliphatic rings. The molecule has 0 saturated heterocycles. The van der Waals surface area contributed by atoms with Gasteiger partial charge in [-0.15, -0.1) is 0 Å². The van der Waals surface area contributed by atoms with Crippen molar-refractivity contribution in [2.24, 2.45) is 0 Å². The Hall–Kier alpha value is -1.61. The van der Waals surface area contributed by atoms with Crippen molar-refractivity contribution in [1.82, 2.24) is 9.88 Å². The molecule has 0 bridgehead atoms. The summed E-state index contributed by atoms with van der Waals surface area (Å²) in [6, 6.07) is 4.18. The molecular weight excluding hydrogens is 248 g/mol. The molecule has 0 aliphatic heterocycles. The van der Waals surface area contributed by atoms with Gasteiger partial charge in [-0.05, 0) is 57.5 Å². The van der Waals surface area contributed by atoms with Crippen LogP contribution in [0.2, 0.25) is 0 Å². The van der Waals surface area contributed by atoms with E-state index < -0.39 is 0 Å². The molecule has 1 heterocycles. The van der Waals surface area contributed by atoms with Gasteiger partial charge in [0.2, 0.25) is 0 Å². The molecule has 2 rings (SSSR count). The Labute approximate surface area is 121 Å². The van der Waals surface area contributed by atoms with Crippen molar-refractivity contribution in [3.05, 3.63) is 35.0 Å². The van der Waals surface area contributed by atoms with Crippen molar-refractivity contribution in [3.8, 4) is 0 Å². The van der Waals surface area contributed by atoms with E-state index in [1.54, 1.807) is 0 Å². The molecule has 0 spiro atoms. The van der Waals surface area contributed by atoms with Crippen LogP contribution in [0, 0.1) is 13.8 Å². The molecule has 0 amide bonds. The van der Waals surface area contributed by atoms with Crippen molar-refractivity contribution in [2.75, 3.05) is 6.54 Å². The maximum absolute atomic E-state index is 12.6. The molecule has 1 aromatic heterocycles. The Kier molecular flexibility index (Phi) is 4.29. The molecule has 0 saturated carbocycles. The van der Waals surface area contributed by atoms with Crippen LogP contribution < -0.4 is 5.32 Å². The number of aryl methyl sites for hydroxylation is 3. The van der Waals surface area contributed by atoms with Crippen LogP contribution in [0.1, 0.15) is 42.3 Å². The van der Waals surface area contributed by atoms with E-state index in [0.29, 0.717) is 0 Å². The highest BCUT2D eigenvalue weighted by Gasteiger charge is 2.20. The quantitative estimate of drug-likeness (QED) is 0.846. The van der Waals surface area contributed by atoms with Crippen LogP contribution in [-0.4, -0.2) is 22.9 Å². The van der Waals surface area contributed by atoms with E-state index in [1.807, 2.05) is 20.0 Å². The number of carbonyl (C=O) groups is 1. The van der Waals surface area contributed by atoms with Gasteiger partial charge in [0.1, 0.15) is 0 Å². The zero-order valence-electron chi connectivity index (χ0n) is 13.1. The summed E-state index contributed by atoms with van der Waals surface area (Å²) in [6.45, 7) is 12.0. The van der Waals surface area contributed by atoms with E-state index in [1.165, 1.54) is 11.1 Å². The third-order valence-electron chi connectivity index (χ3n) is 4.01. The normalized spacial score (nSPS) is 12.8. The summed E-state index contributed by atoms with van der Waals surface area (Å²) in [5, 5.41) is 4.28. The largest absolute Gasteiger partial charge is 0.347 e. The number of carbonyl (C=O) groups excluding carboxylic acids is 1. The lowest BCUT2D eigenvalue weighted by molar-refractivity contribution is 0.0953. The number of Topliss-reactive ketones (excluding diaryl/α,β-unsaturated/α-hetero) is 1. The molecule has 2 aromatic rings. The van der Waals surface area contributed by atoms with Crippen molar-refractivity contribution in [1.29, 1.82) is 0 Å². The number of fused-ring (bicyclic) bond motifs is 1. The second-order valence-electron chi connectivity index (χ2n) is 5.43. The molecular formula is C17H24N2O. The number of ketones is 1. The number of hydrogen-bond donors (Lipinski definition) is 1. The minimum absolute atomic E-state index is 0.141. The van der Waals surface area contributed by atoms with Gasteiger partial charge in [-0.25, -0.2) is 0 Å². The van der Waals surface area contributed by atoms with Crippen molar-refractivity contribution in [3.63, 3.8) is 0 Å². The molecule has 108 valence electrons. The molecule has 1 atom stereocenters. The number of nitrogens with one attached hydrogen (secondary N) is 1. The van der Waals surface area contributed by atoms with E-state index in [4.69, 9.17) is 0 Å². The Morgan fingerprint density at radius 2 is 1.90 bits per heavy atom. The van der Waals surface area contributed by atoms with Crippen molar-refractivity contribution in [2.45, 2.75) is 47.2 Å². The van der Waals surface area contributed by atoms with Gasteiger partial charge < -0.3 is 9.88 Å². The first-order chi connectivity index (χ1) is 9.49. The number of benzene rings is 1. The van der Waals surface area contributed by atoms with Gasteiger partial charge in [0.05, 0.1) is 6.04 Å². The first-order valence-corrected chi connectivity index (χ1v) is 7.37. The Morgan fingerprint density at radius 1 is 1.25 bits per heavy atom. The zero-order valence-corrected chi connectivity index (χ0v) is 13.1. The maximum Gasteiger partial charge on any atom is 0.181 e. The smallest absolute Gasteiger partial charge is 0.181 e. The summed E-state index contributed by atoms with van der Waals surface area (Å²) < 4.78 is 2.16. The SMILES string of the molecule is CCNC(C)C(=O)c1cn(CC)c2cc(C)c(C)cc12. The van der Waals surface area contributed by atoms with Gasteiger partial charge in [-0.2, -0.15) is 0 Å². The lowest BCUT2D eigenvalue weighted by Crippen LogP contribution is -2.33. The predicted octanol–water partition coefficient (Wildman–Crippen LogP) is 3.46. The fraction of sp³-hybridized carbons (Fsp3) is 0.471. The number of nitrogens with zero attached hydrogens (tertiary/aromatic N) is 1. The lowest BCUT2D eigenvalue weighted by Gasteiger charge is -2.10. The van der Waals surface area contributed by atoms with Crippen molar-refractivity contribution >= 4 is 16.7 Å². The maximum atomic E-state index is 12.6. The second-order valence-corrected chi connectivity index (χ2v) is 5.43. The lowest BCUT2D eigenvalue weighted by atomic mass is 10.0. The summed E-state index contributed by atoms with van der Waals surface area (Å²) >= 11 is 0. The molecule has 1 N–H and O–H groups in total. The van der Waals surface area contributed by atoms with Crippen LogP contribution in [0.15, 0.2) is 18.3 Å².